The van der Waals surface area contributed by atoms with Crippen LogP contribution in [0.5, 0.6) is 11.8 Å². The highest BCUT2D eigenvalue weighted by Gasteiger charge is 2.08. The summed E-state index contributed by atoms with van der Waals surface area (Å²) in [5, 5.41) is 7.90. The molecule has 0 spiro atoms. The van der Waals surface area contributed by atoms with Gasteiger partial charge in [0.15, 0.2) is 0 Å². The van der Waals surface area contributed by atoms with Gasteiger partial charge in [-0.3, -0.25) is 0 Å². The molecule has 0 saturated carbocycles. The van der Waals surface area contributed by atoms with Crippen LogP contribution in [0.3, 0.4) is 0 Å². The van der Waals surface area contributed by atoms with Crippen LogP contribution in [0, 0.1) is 13.8 Å². The van der Waals surface area contributed by atoms with Crippen molar-refractivity contribution >= 4 is 5.69 Å². The summed E-state index contributed by atoms with van der Waals surface area (Å²) < 4.78 is 5.66. The van der Waals surface area contributed by atoms with E-state index in [1.807, 2.05) is 19.9 Å². The van der Waals surface area contributed by atoms with Gasteiger partial charge in [-0.1, -0.05) is 11.2 Å². The van der Waals surface area contributed by atoms with Crippen LogP contribution in [-0.4, -0.2) is 15.2 Å². The first-order chi connectivity index (χ1) is 9.10. The molecule has 0 aliphatic heterocycles. The van der Waals surface area contributed by atoms with E-state index in [9.17, 15) is 0 Å². The number of benzene rings is 1. The summed E-state index contributed by atoms with van der Waals surface area (Å²) in [6.07, 6.45) is 2.46. The van der Waals surface area contributed by atoms with Crippen LogP contribution >= 0.6 is 0 Å². The van der Waals surface area contributed by atoms with Crippen LogP contribution in [0.2, 0.25) is 0 Å². The van der Waals surface area contributed by atoms with Gasteiger partial charge in [0, 0.05) is 11.3 Å². The molecule has 0 atom stereocenters. The number of nitrogen functional groups attached to an aromatic ring is 1. The second-order valence-electron chi connectivity index (χ2n) is 4.23. The van der Waals surface area contributed by atoms with E-state index in [0.717, 1.165) is 17.0 Å². The number of aryl methyl sites for hydroxylation is 2. The van der Waals surface area contributed by atoms with Gasteiger partial charge in [-0.2, -0.15) is 4.98 Å². The normalized spacial score (nSPS) is 10.2. The van der Waals surface area contributed by atoms with E-state index in [1.165, 1.54) is 0 Å². The van der Waals surface area contributed by atoms with Crippen molar-refractivity contribution in [1.29, 1.82) is 0 Å². The molecule has 0 saturated heterocycles. The Morgan fingerprint density at radius 2 is 2.05 bits per heavy atom. The highest BCUT2D eigenvalue weighted by atomic mass is 16.5. The number of nitrogens with two attached hydrogens (primary N) is 1. The highest BCUT2D eigenvalue weighted by Crippen LogP contribution is 2.25. The standard InChI is InChI=1S/C14H16N4O/c1-4-5-11-8-12(15)6-7-13(11)19-14-16-9(2)10(3)17-18-14/h4,6-8H,1,5,15H2,2-3H3. The van der Waals surface area contributed by atoms with Gasteiger partial charge in [-0.05, 0) is 38.5 Å². The monoisotopic (exact) mass is 256 g/mol. The zero-order valence-corrected chi connectivity index (χ0v) is 11.1. The van der Waals surface area contributed by atoms with Crippen molar-refractivity contribution in [3.05, 3.63) is 47.8 Å². The Bertz CT molecular complexity index is 610. The molecule has 1 heterocycles. The third-order valence-corrected chi connectivity index (χ3v) is 2.72. The van der Waals surface area contributed by atoms with Crippen LogP contribution in [-0.2, 0) is 6.42 Å². The molecule has 1 aromatic heterocycles. The molecule has 0 fully saturated rings. The van der Waals surface area contributed by atoms with Crippen molar-refractivity contribution in [2.75, 3.05) is 5.73 Å². The number of rotatable bonds is 4. The quantitative estimate of drug-likeness (QED) is 0.672. The van der Waals surface area contributed by atoms with E-state index in [-0.39, 0.29) is 6.01 Å². The molecule has 0 bridgehead atoms. The molecule has 2 N–H and O–H groups in total. The number of ether oxygens (including phenoxy) is 1. The number of allylic oxidation sites excluding steroid dienone is 1. The lowest BCUT2D eigenvalue weighted by Gasteiger charge is -2.09. The van der Waals surface area contributed by atoms with Crippen molar-refractivity contribution in [3.63, 3.8) is 0 Å². The summed E-state index contributed by atoms with van der Waals surface area (Å²) in [6, 6.07) is 5.66. The maximum atomic E-state index is 5.76. The fourth-order valence-electron chi connectivity index (χ4n) is 1.59. The number of aromatic nitrogens is 3. The lowest BCUT2D eigenvalue weighted by atomic mass is 10.1. The fourth-order valence-corrected chi connectivity index (χ4v) is 1.59. The molecule has 5 nitrogen and oxygen atoms in total. The first-order valence-corrected chi connectivity index (χ1v) is 5.95. The Morgan fingerprint density at radius 3 is 2.74 bits per heavy atom. The lowest BCUT2D eigenvalue weighted by Crippen LogP contribution is -2.01. The highest BCUT2D eigenvalue weighted by molar-refractivity contribution is 5.49. The van der Waals surface area contributed by atoms with Crippen molar-refractivity contribution in [2.45, 2.75) is 20.3 Å². The van der Waals surface area contributed by atoms with Gasteiger partial charge >= 0.3 is 6.01 Å². The molecule has 0 unspecified atom stereocenters. The Morgan fingerprint density at radius 1 is 1.26 bits per heavy atom. The summed E-state index contributed by atoms with van der Waals surface area (Å²) in [4.78, 5) is 4.24. The molecule has 1 aromatic carbocycles. The van der Waals surface area contributed by atoms with Gasteiger partial charge in [0.1, 0.15) is 5.75 Å². The second kappa shape index (κ2) is 5.48. The summed E-state index contributed by atoms with van der Waals surface area (Å²) >= 11 is 0. The molecular formula is C14H16N4O. The third kappa shape index (κ3) is 3.07. The van der Waals surface area contributed by atoms with E-state index in [1.54, 1.807) is 18.2 Å². The summed E-state index contributed by atoms with van der Waals surface area (Å²) in [5.74, 6) is 0.666. The predicted octanol–water partition coefficient (Wildman–Crippen LogP) is 2.59. The van der Waals surface area contributed by atoms with Gasteiger partial charge in [-0.15, -0.1) is 11.7 Å². The van der Waals surface area contributed by atoms with Gasteiger partial charge in [-0.25, -0.2) is 0 Å². The van der Waals surface area contributed by atoms with E-state index < -0.39 is 0 Å². The first-order valence-electron chi connectivity index (χ1n) is 5.95. The van der Waals surface area contributed by atoms with E-state index in [4.69, 9.17) is 10.5 Å². The maximum absolute atomic E-state index is 5.76. The molecule has 2 aromatic rings. The van der Waals surface area contributed by atoms with Crippen molar-refractivity contribution in [1.82, 2.24) is 15.2 Å². The maximum Gasteiger partial charge on any atom is 0.341 e. The molecule has 5 heteroatoms. The van der Waals surface area contributed by atoms with Gasteiger partial charge in [0.2, 0.25) is 0 Å². The number of hydrogen-bond acceptors (Lipinski definition) is 5. The van der Waals surface area contributed by atoms with Gasteiger partial charge in [0.05, 0.1) is 11.4 Å². The summed E-state index contributed by atoms with van der Waals surface area (Å²) in [5.41, 5.74) is 8.97. The zero-order chi connectivity index (χ0) is 13.8. The molecule has 0 amide bonds. The number of anilines is 1. The first kappa shape index (κ1) is 13.0. The average molecular weight is 256 g/mol. The molecular weight excluding hydrogens is 240 g/mol. The molecule has 0 radical (unpaired) electrons. The third-order valence-electron chi connectivity index (χ3n) is 2.72. The van der Waals surface area contributed by atoms with E-state index >= 15 is 0 Å². The summed E-state index contributed by atoms with van der Waals surface area (Å²) in [6.45, 7) is 7.44. The SMILES string of the molecule is C=CCc1cc(N)ccc1Oc1nnc(C)c(C)n1. The molecule has 19 heavy (non-hydrogen) atoms. The predicted molar refractivity (Wildman–Crippen MR) is 74.1 cm³/mol. The van der Waals surface area contributed by atoms with Crippen molar-refractivity contribution in [2.24, 2.45) is 0 Å². The van der Waals surface area contributed by atoms with Crippen LogP contribution in [0.1, 0.15) is 17.0 Å². The summed E-state index contributed by atoms with van der Waals surface area (Å²) in [7, 11) is 0. The number of nitrogens with zero attached hydrogens (tertiary/aromatic N) is 3. The van der Waals surface area contributed by atoms with Crippen molar-refractivity contribution in [3.8, 4) is 11.8 Å². The van der Waals surface area contributed by atoms with E-state index in [2.05, 4.69) is 21.8 Å². The van der Waals surface area contributed by atoms with Crippen LogP contribution in [0.4, 0.5) is 5.69 Å². The minimum atomic E-state index is 0.234. The average Bonchev–Trinajstić information content (AvgIpc) is 2.37. The molecule has 98 valence electrons. The molecule has 0 aliphatic carbocycles. The van der Waals surface area contributed by atoms with Gasteiger partial charge < -0.3 is 10.5 Å². The van der Waals surface area contributed by atoms with Gasteiger partial charge in [0.25, 0.3) is 0 Å². The fraction of sp³-hybridized carbons (Fsp3) is 0.214. The Hall–Kier alpha value is -2.43. The Kier molecular flexibility index (Phi) is 3.75. The van der Waals surface area contributed by atoms with Crippen LogP contribution in [0.15, 0.2) is 30.9 Å². The largest absolute Gasteiger partial charge is 0.423 e. The minimum Gasteiger partial charge on any atom is -0.423 e. The topological polar surface area (TPSA) is 73.9 Å². The Balaban J connectivity index is 2.31. The smallest absolute Gasteiger partial charge is 0.341 e. The Labute approximate surface area is 112 Å². The molecule has 2 rings (SSSR count). The number of hydrogen-bond donors (Lipinski definition) is 1. The second-order valence-corrected chi connectivity index (χ2v) is 4.23. The van der Waals surface area contributed by atoms with Crippen LogP contribution < -0.4 is 10.5 Å². The van der Waals surface area contributed by atoms with E-state index in [0.29, 0.717) is 17.9 Å². The lowest BCUT2D eigenvalue weighted by molar-refractivity contribution is 0.426. The minimum absolute atomic E-state index is 0.234. The van der Waals surface area contributed by atoms with Crippen molar-refractivity contribution < 1.29 is 4.74 Å². The zero-order valence-electron chi connectivity index (χ0n) is 11.1. The van der Waals surface area contributed by atoms with Crippen LogP contribution in [0.25, 0.3) is 0 Å². The molecule has 0 aliphatic rings.